The summed E-state index contributed by atoms with van der Waals surface area (Å²) in [5, 5.41) is 6.49. The molecule has 2 aromatic carbocycles. The molecule has 0 aliphatic carbocycles. The molecule has 4 aromatic rings. The van der Waals surface area contributed by atoms with Crippen LogP contribution in [0.5, 0.6) is 0 Å². The van der Waals surface area contributed by atoms with E-state index in [1.807, 2.05) is 43.3 Å². The summed E-state index contributed by atoms with van der Waals surface area (Å²) in [4.78, 5) is 30.5. The number of nitrogens with zero attached hydrogens (tertiary/aromatic N) is 4. The van der Waals surface area contributed by atoms with Crippen molar-refractivity contribution in [2.45, 2.75) is 25.9 Å². The Labute approximate surface area is 192 Å². The molecule has 5 rings (SSSR count). The normalized spacial score (nSPS) is 15.9. The van der Waals surface area contributed by atoms with E-state index in [9.17, 15) is 9.59 Å². The van der Waals surface area contributed by atoms with E-state index < -0.39 is 0 Å². The predicted octanol–water partition coefficient (Wildman–Crippen LogP) is 4.44. The van der Waals surface area contributed by atoms with Gasteiger partial charge >= 0.3 is 0 Å². The fourth-order valence-corrected chi connectivity index (χ4v) is 4.19. The lowest BCUT2D eigenvalue weighted by Gasteiger charge is -2.20. The van der Waals surface area contributed by atoms with E-state index in [4.69, 9.17) is 4.42 Å². The van der Waals surface area contributed by atoms with Crippen molar-refractivity contribution in [3.05, 3.63) is 98.9 Å². The monoisotopic (exact) mass is 490 g/mol. The van der Waals surface area contributed by atoms with Gasteiger partial charge in [-0.1, -0.05) is 45.8 Å². The number of hydrazone groups is 1. The Balaban J connectivity index is 1.48. The van der Waals surface area contributed by atoms with Crippen molar-refractivity contribution >= 4 is 38.5 Å². The number of rotatable bonds is 4. The summed E-state index contributed by atoms with van der Waals surface area (Å²) in [5.41, 5.74) is 3.21. The number of aryl methyl sites for hydroxylation is 1. The quantitative estimate of drug-likeness (QED) is 0.423. The Morgan fingerprint density at radius 1 is 1.19 bits per heavy atom. The van der Waals surface area contributed by atoms with Crippen LogP contribution in [0.4, 0.5) is 0 Å². The predicted molar refractivity (Wildman–Crippen MR) is 124 cm³/mol. The number of benzene rings is 2. The van der Waals surface area contributed by atoms with Gasteiger partial charge in [0.15, 0.2) is 0 Å². The van der Waals surface area contributed by atoms with Crippen LogP contribution >= 0.6 is 15.9 Å². The van der Waals surface area contributed by atoms with Crippen LogP contribution < -0.4 is 5.56 Å². The van der Waals surface area contributed by atoms with E-state index in [-0.39, 0.29) is 24.1 Å². The Morgan fingerprint density at radius 2 is 2.00 bits per heavy atom. The molecule has 1 aliphatic heterocycles. The molecule has 1 unspecified atom stereocenters. The zero-order valence-corrected chi connectivity index (χ0v) is 18.8. The van der Waals surface area contributed by atoms with Crippen molar-refractivity contribution in [1.82, 2.24) is 14.6 Å². The number of amides is 1. The second kappa shape index (κ2) is 8.20. The van der Waals surface area contributed by atoms with Crippen LogP contribution in [-0.4, -0.2) is 26.2 Å². The van der Waals surface area contributed by atoms with E-state index in [0.717, 1.165) is 21.3 Å². The Morgan fingerprint density at radius 3 is 2.75 bits per heavy atom. The van der Waals surface area contributed by atoms with E-state index in [1.165, 1.54) is 15.9 Å². The van der Waals surface area contributed by atoms with Crippen molar-refractivity contribution in [2.24, 2.45) is 5.10 Å². The summed E-state index contributed by atoms with van der Waals surface area (Å²) in [6, 6.07) is 16.6. The highest BCUT2D eigenvalue weighted by Gasteiger charge is 2.35. The molecule has 2 aromatic heterocycles. The van der Waals surface area contributed by atoms with Crippen molar-refractivity contribution in [2.75, 3.05) is 0 Å². The largest absolute Gasteiger partial charge is 0.467 e. The van der Waals surface area contributed by atoms with Crippen molar-refractivity contribution in [3.8, 4) is 0 Å². The minimum absolute atomic E-state index is 0.170. The number of carbonyl (C=O) groups is 1. The lowest BCUT2D eigenvalue weighted by atomic mass is 10.0. The molecular formula is C24H19BrN4O3. The van der Waals surface area contributed by atoms with Gasteiger partial charge in [0, 0.05) is 10.9 Å². The zero-order valence-electron chi connectivity index (χ0n) is 17.2. The first-order chi connectivity index (χ1) is 15.5. The summed E-state index contributed by atoms with van der Waals surface area (Å²) >= 11 is 3.38. The molecule has 1 atom stereocenters. The number of halogens is 1. The van der Waals surface area contributed by atoms with Crippen LogP contribution in [-0.2, 0) is 11.3 Å². The number of fused-ring (bicyclic) bond motifs is 1. The van der Waals surface area contributed by atoms with Crippen LogP contribution in [0.3, 0.4) is 0 Å². The molecule has 0 fully saturated rings. The summed E-state index contributed by atoms with van der Waals surface area (Å²) in [6.45, 7) is 1.85. The van der Waals surface area contributed by atoms with Gasteiger partial charge in [0.05, 0.1) is 29.2 Å². The standard InChI is InChI=1S/C24H19BrN4O3/c1-15-4-6-16(7-5-15)20-12-21(22-3-2-10-32-22)29(27-20)23(30)13-28-14-26-19-9-8-17(25)11-18(19)24(28)31/h2-11,14,21H,12-13H2,1H3. The first-order valence-electron chi connectivity index (χ1n) is 10.1. The molecule has 0 N–H and O–H groups in total. The summed E-state index contributed by atoms with van der Waals surface area (Å²) in [5.74, 6) is 0.337. The van der Waals surface area contributed by atoms with Crippen molar-refractivity contribution < 1.29 is 9.21 Å². The second-order valence-corrected chi connectivity index (χ2v) is 8.64. The molecule has 0 saturated carbocycles. The van der Waals surface area contributed by atoms with Crippen molar-refractivity contribution in [3.63, 3.8) is 0 Å². The average molecular weight is 491 g/mol. The second-order valence-electron chi connectivity index (χ2n) is 7.73. The number of hydrogen-bond donors (Lipinski definition) is 0. The van der Waals surface area contributed by atoms with E-state index in [2.05, 4.69) is 26.0 Å². The molecule has 3 heterocycles. The molecule has 0 radical (unpaired) electrons. The maximum atomic E-state index is 13.3. The van der Waals surface area contributed by atoms with E-state index in [0.29, 0.717) is 23.1 Å². The van der Waals surface area contributed by atoms with Gasteiger partial charge < -0.3 is 4.42 Å². The fraction of sp³-hybridized carbons (Fsp3) is 0.167. The molecule has 0 saturated heterocycles. The highest BCUT2D eigenvalue weighted by molar-refractivity contribution is 9.10. The number of aromatic nitrogens is 2. The van der Waals surface area contributed by atoms with Crippen LogP contribution in [0.25, 0.3) is 10.9 Å². The minimum Gasteiger partial charge on any atom is -0.467 e. The lowest BCUT2D eigenvalue weighted by Crippen LogP contribution is -2.34. The first-order valence-corrected chi connectivity index (χ1v) is 10.9. The van der Waals surface area contributed by atoms with Gasteiger partial charge in [-0.2, -0.15) is 5.10 Å². The maximum absolute atomic E-state index is 13.3. The summed E-state index contributed by atoms with van der Waals surface area (Å²) in [6.07, 6.45) is 3.51. The van der Waals surface area contributed by atoms with E-state index in [1.54, 1.807) is 24.5 Å². The molecule has 7 nitrogen and oxygen atoms in total. The lowest BCUT2D eigenvalue weighted by molar-refractivity contribution is -0.134. The third-order valence-electron chi connectivity index (χ3n) is 5.51. The van der Waals surface area contributed by atoms with Crippen LogP contribution in [0, 0.1) is 6.92 Å². The third-order valence-corrected chi connectivity index (χ3v) is 6.01. The highest BCUT2D eigenvalue weighted by Crippen LogP contribution is 2.33. The van der Waals surface area contributed by atoms with Gasteiger partial charge in [0.2, 0.25) is 0 Å². The SMILES string of the molecule is Cc1ccc(C2=NN(C(=O)Cn3cnc4ccc(Br)cc4c3=O)C(c3ccco3)C2)cc1. The average Bonchev–Trinajstić information content (AvgIpc) is 3.46. The van der Waals surface area contributed by atoms with Gasteiger partial charge in [-0.15, -0.1) is 0 Å². The van der Waals surface area contributed by atoms with Crippen LogP contribution in [0.1, 0.15) is 29.3 Å². The Bertz CT molecular complexity index is 1390. The zero-order chi connectivity index (χ0) is 22.2. The van der Waals surface area contributed by atoms with Crippen LogP contribution in [0.2, 0.25) is 0 Å². The fourth-order valence-electron chi connectivity index (χ4n) is 3.83. The van der Waals surface area contributed by atoms with Gasteiger partial charge in [-0.3, -0.25) is 14.2 Å². The number of carbonyl (C=O) groups excluding carboxylic acids is 1. The molecule has 8 heteroatoms. The van der Waals surface area contributed by atoms with Gasteiger partial charge in [0.25, 0.3) is 11.5 Å². The van der Waals surface area contributed by atoms with Gasteiger partial charge in [-0.05, 0) is 42.8 Å². The Kier molecular flexibility index (Phi) is 5.22. The molecule has 160 valence electrons. The number of hydrogen-bond acceptors (Lipinski definition) is 5. The molecule has 0 bridgehead atoms. The summed E-state index contributed by atoms with van der Waals surface area (Å²) in [7, 11) is 0. The smallest absolute Gasteiger partial charge is 0.263 e. The Hall–Kier alpha value is -3.52. The first kappa shape index (κ1) is 20.4. The number of furan rings is 1. The van der Waals surface area contributed by atoms with Gasteiger partial charge in [-0.25, -0.2) is 9.99 Å². The molecular weight excluding hydrogens is 472 g/mol. The van der Waals surface area contributed by atoms with Crippen LogP contribution in [0.15, 0.2) is 86.0 Å². The third kappa shape index (κ3) is 3.78. The van der Waals surface area contributed by atoms with E-state index >= 15 is 0 Å². The highest BCUT2D eigenvalue weighted by atomic mass is 79.9. The molecule has 1 aliphatic rings. The molecule has 1 amide bonds. The minimum atomic E-state index is -0.368. The maximum Gasteiger partial charge on any atom is 0.263 e. The van der Waals surface area contributed by atoms with Crippen molar-refractivity contribution in [1.29, 1.82) is 0 Å². The molecule has 0 spiro atoms. The van der Waals surface area contributed by atoms with Gasteiger partial charge in [0.1, 0.15) is 18.3 Å². The topological polar surface area (TPSA) is 80.7 Å². The molecule has 32 heavy (non-hydrogen) atoms. The summed E-state index contributed by atoms with van der Waals surface area (Å²) < 4.78 is 7.68.